The van der Waals surface area contributed by atoms with Gasteiger partial charge >= 0.3 is 0 Å². The summed E-state index contributed by atoms with van der Waals surface area (Å²) in [6.07, 6.45) is 9.02. The molecular weight excluding hydrogens is 246 g/mol. The molecule has 0 bridgehead atoms. The van der Waals surface area contributed by atoms with Gasteiger partial charge in [0, 0.05) is 0 Å². The number of oxazole rings is 2. The van der Waals surface area contributed by atoms with E-state index in [-0.39, 0.29) is 0 Å². The number of nitrogens with zero attached hydrogens (tertiary/aromatic N) is 3. The van der Waals surface area contributed by atoms with Crippen molar-refractivity contribution in [1.29, 1.82) is 0 Å². The van der Waals surface area contributed by atoms with Crippen molar-refractivity contribution in [2.24, 2.45) is 0 Å². The van der Waals surface area contributed by atoms with Crippen molar-refractivity contribution < 1.29 is 13.4 Å². The molecule has 3 aromatic heterocycles. The Bertz CT molecular complexity index is 554. The Balaban J connectivity index is 0.000000114. The average Bonchev–Trinajstić information content (AvgIpc) is 3.22. The normalized spacial score (nSPS) is 9.05. The Kier molecular flexibility index (Phi) is 4.92. The fourth-order valence-corrected chi connectivity index (χ4v) is 1.15. The molecule has 4 rings (SSSR count). The summed E-state index contributed by atoms with van der Waals surface area (Å²) in [5.74, 6) is 0. The summed E-state index contributed by atoms with van der Waals surface area (Å²) in [5, 5.41) is 3.35. The summed E-state index contributed by atoms with van der Waals surface area (Å²) in [7, 11) is 0. The third-order valence-electron chi connectivity index (χ3n) is 1.93. The van der Waals surface area contributed by atoms with Gasteiger partial charge in [-0.05, 0) is 18.2 Å². The first-order valence-corrected chi connectivity index (χ1v) is 5.41. The summed E-state index contributed by atoms with van der Waals surface area (Å²) in [4.78, 5) is 7.51. The molecule has 0 amide bonds. The van der Waals surface area contributed by atoms with Crippen LogP contribution in [0.4, 0.5) is 0 Å². The molecule has 0 aliphatic heterocycles. The van der Waals surface area contributed by atoms with Gasteiger partial charge in [-0.25, -0.2) is 9.97 Å². The Hall–Kier alpha value is -2.89. The van der Waals surface area contributed by atoms with Crippen LogP contribution in [0, 0.1) is 0 Å². The van der Waals surface area contributed by atoms with Gasteiger partial charge in [0.2, 0.25) is 0 Å². The van der Waals surface area contributed by atoms with Crippen LogP contribution < -0.4 is 0 Å². The number of benzene rings is 1. The van der Waals surface area contributed by atoms with Gasteiger partial charge in [-0.2, -0.15) is 0 Å². The van der Waals surface area contributed by atoms with Crippen molar-refractivity contribution >= 4 is 11.1 Å². The van der Waals surface area contributed by atoms with Gasteiger partial charge in [0.15, 0.2) is 18.4 Å². The lowest BCUT2D eigenvalue weighted by atomic mass is 10.3. The second-order valence-electron chi connectivity index (χ2n) is 3.18. The van der Waals surface area contributed by atoms with Crippen LogP contribution in [0.5, 0.6) is 0 Å². The van der Waals surface area contributed by atoms with Crippen LogP contribution in [0.15, 0.2) is 81.4 Å². The summed E-state index contributed by atoms with van der Waals surface area (Å²) < 4.78 is 13.8. The fraction of sp³-hybridized carbons (Fsp3) is 0. The average molecular weight is 257 g/mol. The maximum Gasteiger partial charge on any atom is 0.181 e. The minimum atomic E-state index is 0.845. The zero-order valence-corrected chi connectivity index (χ0v) is 9.92. The molecule has 0 N–H and O–H groups in total. The Morgan fingerprint density at radius 1 is 0.895 bits per heavy atom. The van der Waals surface area contributed by atoms with Gasteiger partial charge in [0.25, 0.3) is 0 Å². The molecule has 3 heterocycles. The lowest BCUT2D eigenvalue weighted by molar-refractivity contribution is 0.420. The van der Waals surface area contributed by atoms with Crippen LogP contribution in [0.1, 0.15) is 0 Å². The van der Waals surface area contributed by atoms with Gasteiger partial charge in [-0.1, -0.05) is 17.3 Å². The molecule has 19 heavy (non-hydrogen) atoms. The van der Waals surface area contributed by atoms with Crippen molar-refractivity contribution in [2.75, 3.05) is 0 Å². The molecule has 6 heteroatoms. The first kappa shape index (κ1) is 12.6. The van der Waals surface area contributed by atoms with Crippen LogP contribution >= 0.6 is 0 Å². The Labute approximate surface area is 108 Å². The monoisotopic (exact) mass is 257 g/mol. The number of hydrogen-bond donors (Lipinski definition) is 0. The third-order valence-corrected chi connectivity index (χ3v) is 1.93. The van der Waals surface area contributed by atoms with E-state index in [0.29, 0.717) is 0 Å². The maximum atomic E-state index is 5.01. The maximum absolute atomic E-state index is 5.01. The summed E-state index contributed by atoms with van der Waals surface area (Å²) >= 11 is 0. The predicted molar refractivity (Wildman–Crippen MR) is 67.0 cm³/mol. The molecule has 0 saturated carbocycles. The fourth-order valence-electron chi connectivity index (χ4n) is 1.15. The highest BCUT2D eigenvalue weighted by Crippen LogP contribution is 2.09. The minimum absolute atomic E-state index is 0.845. The summed E-state index contributed by atoms with van der Waals surface area (Å²) in [6.45, 7) is 0. The first-order chi connectivity index (χ1) is 9.47. The molecule has 0 aliphatic rings. The minimum Gasteiger partial charge on any atom is -0.452 e. The first-order valence-electron chi connectivity index (χ1n) is 5.41. The van der Waals surface area contributed by atoms with Crippen molar-refractivity contribution in [3.8, 4) is 0 Å². The lowest BCUT2D eigenvalue weighted by Crippen LogP contribution is -1.61. The predicted octanol–water partition coefficient (Wildman–Crippen LogP) is 3.18. The molecule has 0 saturated heterocycles. The van der Waals surface area contributed by atoms with Crippen molar-refractivity contribution in [1.82, 2.24) is 15.1 Å². The molecule has 0 atom stereocenters. The van der Waals surface area contributed by atoms with Crippen LogP contribution in [0.2, 0.25) is 0 Å². The quantitative estimate of drug-likeness (QED) is 0.481. The van der Waals surface area contributed by atoms with E-state index in [2.05, 4.69) is 24.1 Å². The van der Waals surface area contributed by atoms with E-state index in [1.807, 2.05) is 24.3 Å². The number of para-hydroxylation sites is 2. The molecular formula is C13H11N3O3. The molecule has 0 spiro atoms. The molecule has 0 aliphatic carbocycles. The van der Waals surface area contributed by atoms with Gasteiger partial charge in [0.1, 0.15) is 18.0 Å². The molecule has 4 aromatic rings. The lowest BCUT2D eigenvalue weighted by Gasteiger charge is -1.79. The highest BCUT2D eigenvalue weighted by molar-refractivity contribution is 5.71. The zero-order chi connectivity index (χ0) is 13.2. The summed E-state index contributed by atoms with van der Waals surface area (Å²) in [5.41, 5.74) is 1.76. The van der Waals surface area contributed by atoms with E-state index < -0.39 is 0 Å². The second kappa shape index (κ2) is 7.44. The number of fused-ring (bicyclic) bond motifs is 1. The SMILES string of the molecule is c1ccc2ocnc2c1.c1cnoc1.c1cocn1. The van der Waals surface area contributed by atoms with Crippen molar-refractivity contribution in [3.05, 3.63) is 68.0 Å². The molecule has 96 valence electrons. The van der Waals surface area contributed by atoms with Crippen LogP contribution in [0.3, 0.4) is 0 Å². The molecule has 6 nitrogen and oxygen atoms in total. The number of aromatic nitrogens is 3. The molecule has 1 aromatic carbocycles. The largest absolute Gasteiger partial charge is 0.452 e. The Morgan fingerprint density at radius 3 is 2.37 bits per heavy atom. The highest BCUT2D eigenvalue weighted by Gasteiger charge is 1.91. The van der Waals surface area contributed by atoms with Crippen LogP contribution in [0.25, 0.3) is 11.1 Å². The zero-order valence-electron chi connectivity index (χ0n) is 9.92. The van der Waals surface area contributed by atoms with E-state index in [9.17, 15) is 0 Å². The van der Waals surface area contributed by atoms with E-state index >= 15 is 0 Å². The van der Waals surface area contributed by atoms with E-state index in [1.165, 1.54) is 25.3 Å². The van der Waals surface area contributed by atoms with Gasteiger partial charge in [-0.3, -0.25) is 0 Å². The van der Waals surface area contributed by atoms with Gasteiger partial charge in [0.05, 0.1) is 12.4 Å². The van der Waals surface area contributed by atoms with Gasteiger partial charge < -0.3 is 13.4 Å². The summed E-state index contributed by atoms with van der Waals surface area (Å²) in [6, 6.07) is 9.39. The molecule has 0 fully saturated rings. The smallest absolute Gasteiger partial charge is 0.181 e. The molecule has 0 radical (unpaired) electrons. The van der Waals surface area contributed by atoms with Gasteiger partial charge in [-0.15, -0.1) is 0 Å². The van der Waals surface area contributed by atoms with E-state index in [4.69, 9.17) is 4.42 Å². The second-order valence-corrected chi connectivity index (χ2v) is 3.18. The molecule has 0 unspecified atom stereocenters. The Morgan fingerprint density at radius 2 is 1.84 bits per heavy atom. The third kappa shape index (κ3) is 4.47. The standard InChI is InChI=1S/C7H5NO.2C3H3NO/c1-2-4-7-6(3-1)8-5-9-7;1-2-5-3-4-1;1-2-4-5-3-1/h1-5H;2*1-3H. The van der Waals surface area contributed by atoms with Crippen molar-refractivity contribution in [3.63, 3.8) is 0 Å². The van der Waals surface area contributed by atoms with E-state index in [1.54, 1.807) is 18.5 Å². The van der Waals surface area contributed by atoms with Crippen molar-refractivity contribution in [2.45, 2.75) is 0 Å². The topological polar surface area (TPSA) is 78.1 Å². The number of hydrogen-bond acceptors (Lipinski definition) is 6. The highest BCUT2D eigenvalue weighted by atomic mass is 16.5. The van der Waals surface area contributed by atoms with E-state index in [0.717, 1.165) is 11.1 Å². The number of rotatable bonds is 0. The van der Waals surface area contributed by atoms with Crippen LogP contribution in [-0.4, -0.2) is 15.1 Å². The van der Waals surface area contributed by atoms with Crippen LogP contribution in [-0.2, 0) is 0 Å².